The molecule has 0 spiro atoms. The number of nitrogens with two attached hydrogens (primary N) is 1. The number of amides is 1. The Bertz CT molecular complexity index is 996. The third-order valence-electron chi connectivity index (χ3n) is 4.87. The first-order valence-corrected chi connectivity index (χ1v) is 9.54. The molecular weight excluding hydrogens is 346 g/mol. The molecule has 134 valence electrons. The van der Waals surface area contributed by atoms with Crippen molar-refractivity contribution in [2.45, 2.75) is 23.3 Å². The molecule has 2 aromatic rings. The minimum atomic E-state index is -3.69. The van der Waals surface area contributed by atoms with Gasteiger partial charge in [-0.3, -0.25) is 4.79 Å². The SMILES string of the molecule is NC1(C(=O)N2CCN(S(=O)(=O)c3ccc4[nH]c(=O)[nH]c4c3)CC2)CC1. The minimum Gasteiger partial charge on any atom is -0.338 e. The number of hydrogen-bond donors (Lipinski definition) is 3. The Labute approximate surface area is 143 Å². The molecule has 25 heavy (non-hydrogen) atoms. The average Bonchev–Trinajstić information content (AvgIpc) is 3.23. The third-order valence-corrected chi connectivity index (χ3v) is 6.76. The zero-order chi connectivity index (χ0) is 17.8. The van der Waals surface area contributed by atoms with E-state index < -0.39 is 15.6 Å². The molecule has 9 nitrogen and oxygen atoms in total. The maximum atomic E-state index is 12.8. The van der Waals surface area contributed by atoms with Crippen LogP contribution >= 0.6 is 0 Å². The molecule has 0 atom stereocenters. The predicted octanol–water partition coefficient (Wildman–Crippen LogP) is -0.820. The standard InChI is InChI=1S/C15H19N5O4S/c16-15(3-4-15)13(21)19-5-7-20(8-6-19)25(23,24)10-1-2-11-12(9-10)18-14(22)17-11/h1-2,9H,3-8,16H2,(H2,17,18,22). The number of sulfonamides is 1. The van der Waals surface area contributed by atoms with Crippen LogP contribution in [-0.4, -0.2) is 65.2 Å². The quantitative estimate of drug-likeness (QED) is 0.654. The summed E-state index contributed by atoms with van der Waals surface area (Å²) in [6, 6.07) is 4.47. The van der Waals surface area contributed by atoms with E-state index in [9.17, 15) is 18.0 Å². The summed E-state index contributed by atoms with van der Waals surface area (Å²) in [6.45, 7) is 1.12. The highest BCUT2D eigenvalue weighted by Gasteiger charge is 2.48. The zero-order valence-electron chi connectivity index (χ0n) is 13.5. The lowest BCUT2D eigenvalue weighted by Crippen LogP contribution is -2.55. The van der Waals surface area contributed by atoms with E-state index in [1.54, 1.807) is 11.0 Å². The minimum absolute atomic E-state index is 0.0872. The van der Waals surface area contributed by atoms with Crippen molar-refractivity contribution in [2.24, 2.45) is 5.73 Å². The number of nitrogens with zero attached hydrogens (tertiary/aromatic N) is 2. The normalized spacial score (nSPS) is 20.8. The summed E-state index contributed by atoms with van der Waals surface area (Å²) in [5.74, 6) is -0.0872. The molecule has 1 aromatic carbocycles. The van der Waals surface area contributed by atoms with Crippen molar-refractivity contribution >= 4 is 27.0 Å². The summed E-state index contributed by atoms with van der Waals surface area (Å²) in [5.41, 5.74) is 5.82. The number of nitrogens with one attached hydrogen (secondary N) is 2. The van der Waals surface area contributed by atoms with Crippen LogP contribution in [0.2, 0.25) is 0 Å². The molecule has 2 fully saturated rings. The van der Waals surface area contributed by atoms with Crippen LogP contribution in [0.15, 0.2) is 27.9 Å². The van der Waals surface area contributed by atoms with E-state index in [0.29, 0.717) is 37.0 Å². The van der Waals surface area contributed by atoms with Gasteiger partial charge in [0.15, 0.2) is 0 Å². The number of rotatable bonds is 3. The summed E-state index contributed by atoms with van der Waals surface area (Å²) in [7, 11) is -3.69. The van der Waals surface area contributed by atoms with Gasteiger partial charge < -0.3 is 20.6 Å². The summed E-state index contributed by atoms with van der Waals surface area (Å²) < 4.78 is 27.0. The van der Waals surface area contributed by atoms with E-state index in [0.717, 1.165) is 0 Å². The second-order valence-electron chi connectivity index (χ2n) is 6.64. The van der Waals surface area contributed by atoms with Gasteiger partial charge in [-0.25, -0.2) is 13.2 Å². The molecule has 1 aromatic heterocycles. The van der Waals surface area contributed by atoms with Crippen LogP contribution in [0.5, 0.6) is 0 Å². The molecule has 1 saturated carbocycles. The van der Waals surface area contributed by atoms with Crippen molar-refractivity contribution in [3.05, 3.63) is 28.7 Å². The number of H-pyrrole nitrogens is 2. The first-order chi connectivity index (χ1) is 11.8. The molecule has 1 aliphatic heterocycles. The molecule has 0 unspecified atom stereocenters. The number of hydrogen-bond acceptors (Lipinski definition) is 5. The Kier molecular flexibility index (Phi) is 3.53. The fourth-order valence-corrected chi connectivity index (χ4v) is 4.57. The van der Waals surface area contributed by atoms with Gasteiger partial charge in [0.1, 0.15) is 0 Å². The van der Waals surface area contributed by atoms with Crippen LogP contribution in [0.1, 0.15) is 12.8 Å². The first kappa shape index (κ1) is 16.3. The van der Waals surface area contributed by atoms with Gasteiger partial charge in [-0.05, 0) is 31.0 Å². The summed E-state index contributed by atoms with van der Waals surface area (Å²) in [6.07, 6.45) is 1.39. The van der Waals surface area contributed by atoms with Gasteiger partial charge >= 0.3 is 5.69 Å². The van der Waals surface area contributed by atoms with Gasteiger partial charge in [0.25, 0.3) is 0 Å². The molecular formula is C15H19N5O4S. The predicted molar refractivity (Wildman–Crippen MR) is 90.4 cm³/mol. The van der Waals surface area contributed by atoms with Crippen LogP contribution in [0.3, 0.4) is 0 Å². The van der Waals surface area contributed by atoms with Gasteiger partial charge in [-0.2, -0.15) is 4.31 Å². The largest absolute Gasteiger partial charge is 0.338 e. The van der Waals surface area contributed by atoms with Crippen molar-refractivity contribution < 1.29 is 13.2 Å². The molecule has 4 N–H and O–H groups in total. The molecule has 1 aliphatic carbocycles. The lowest BCUT2D eigenvalue weighted by atomic mass is 10.2. The molecule has 4 rings (SSSR count). The fourth-order valence-electron chi connectivity index (χ4n) is 3.12. The van der Waals surface area contributed by atoms with Crippen molar-refractivity contribution in [1.29, 1.82) is 0 Å². The molecule has 10 heteroatoms. The summed E-state index contributed by atoms with van der Waals surface area (Å²) in [4.78, 5) is 30.5. The van der Waals surface area contributed by atoms with Gasteiger partial charge in [0.2, 0.25) is 15.9 Å². The lowest BCUT2D eigenvalue weighted by Gasteiger charge is -2.35. The van der Waals surface area contributed by atoms with E-state index >= 15 is 0 Å². The van der Waals surface area contributed by atoms with E-state index in [-0.39, 0.29) is 29.6 Å². The van der Waals surface area contributed by atoms with Crippen LogP contribution in [0.25, 0.3) is 11.0 Å². The second kappa shape index (κ2) is 5.41. The number of piperazine rings is 1. The smallest absolute Gasteiger partial charge is 0.323 e. The Balaban J connectivity index is 1.52. The molecule has 2 aliphatic rings. The summed E-state index contributed by atoms with van der Waals surface area (Å²) >= 11 is 0. The van der Waals surface area contributed by atoms with Crippen LogP contribution < -0.4 is 11.4 Å². The number of imidazole rings is 1. The Hall–Kier alpha value is -2.17. The maximum absolute atomic E-state index is 12.8. The van der Waals surface area contributed by atoms with E-state index in [4.69, 9.17) is 5.73 Å². The number of carbonyl (C=O) groups is 1. The van der Waals surface area contributed by atoms with E-state index in [2.05, 4.69) is 9.97 Å². The van der Waals surface area contributed by atoms with Crippen molar-refractivity contribution in [1.82, 2.24) is 19.2 Å². The van der Waals surface area contributed by atoms with Crippen molar-refractivity contribution in [2.75, 3.05) is 26.2 Å². The zero-order valence-corrected chi connectivity index (χ0v) is 14.3. The highest BCUT2D eigenvalue weighted by molar-refractivity contribution is 7.89. The van der Waals surface area contributed by atoms with Crippen LogP contribution in [0.4, 0.5) is 0 Å². The highest BCUT2D eigenvalue weighted by Crippen LogP contribution is 2.34. The van der Waals surface area contributed by atoms with Crippen molar-refractivity contribution in [3.63, 3.8) is 0 Å². The van der Waals surface area contributed by atoms with Gasteiger partial charge in [-0.15, -0.1) is 0 Å². The maximum Gasteiger partial charge on any atom is 0.323 e. The Morgan fingerprint density at radius 2 is 1.72 bits per heavy atom. The summed E-state index contributed by atoms with van der Waals surface area (Å²) in [5, 5.41) is 0. The van der Waals surface area contributed by atoms with Crippen LogP contribution in [0, 0.1) is 0 Å². The topological polar surface area (TPSA) is 132 Å². The Morgan fingerprint density at radius 3 is 2.36 bits per heavy atom. The lowest BCUT2D eigenvalue weighted by molar-refractivity contribution is -0.134. The van der Waals surface area contributed by atoms with Gasteiger partial charge in [-0.1, -0.05) is 0 Å². The van der Waals surface area contributed by atoms with E-state index in [1.165, 1.54) is 16.4 Å². The average molecular weight is 365 g/mol. The molecule has 1 amide bonds. The number of aromatic nitrogens is 2. The molecule has 2 heterocycles. The third kappa shape index (κ3) is 2.75. The number of aromatic amines is 2. The first-order valence-electron chi connectivity index (χ1n) is 8.10. The number of fused-ring (bicyclic) bond motifs is 1. The number of carbonyl (C=O) groups excluding carboxylic acids is 1. The highest BCUT2D eigenvalue weighted by atomic mass is 32.2. The Morgan fingerprint density at radius 1 is 1.08 bits per heavy atom. The molecule has 1 saturated heterocycles. The van der Waals surface area contributed by atoms with E-state index in [1.807, 2.05) is 0 Å². The number of benzene rings is 1. The molecule has 0 bridgehead atoms. The second-order valence-corrected chi connectivity index (χ2v) is 8.58. The van der Waals surface area contributed by atoms with Gasteiger partial charge in [0, 0.05) is 26.2 Å². The monoisotopic (exact) mass is 365 g/mol. The van der Waals surface area contributed by atoms with Crippen LogP contribution in [-0.2, 0) is 14.8 Å². The van der Waals surface area contributed by atoms with Gasteiger partial charge in [0.05, 0.1) is 21.5 Å². The molecule has 0 radical (unpaired) electrons. The fraction of sp³-hybridized carbons (Fsp3) is 0.467. The van der Waals surface area contributed by atoms with Crippen molar-refractivity contribution in [3.8, 4) is 0 Å².